The number of likely N-dealkylation sites (tertiary alicyclic amines) is 1. The van der Waals surface area contributed by atoms with Crippen molar-refractivity contribution in [1.29, 1.82) is 0 Å². The van der Waals surface area contributed by atoms with Gasteiger partial charge in [0.1, 0.15) is 0 Å². The molecular formula is C18H22N4O4S. The fraction of sp³-hybridized carbons (Fsp3) is 0.500. The van der Waals surface area contributed by atoms with Crippen LogP contribution in [-0.2, 0) is 9.53 Å². The van der Waals surface area contributed by atoms with Crippen LogP contribution in [0.5, 0.6) is 0 Å². The molecule has 1 atom stereocenters. The molecule has 3 heterocycles. The molecule has 8 nitrogen and oxygen atoms in total. The summed E-state index contributed by atoms with van der Waals surface area (Å²) in [6, 6.07) is 5.41. The van der Waals surface area contributed by atoms with Crippen molar-refractivity contribution < 1.29 is 19.4 Å². The molecule has 0 radical (unpaired) electrons. The van der Waals surface area contributed by atoms with Gasteiger partial charge < -0.3 is 25.0 Å². The molecule has 2 saturated heterocycles. The van der Waals surface area contributed by atoms with E-state index in [1.54, 1.807) is 16.2 Å². The molecule has 0 saturated carbocycles. The second kappa shape index (κ2) is 7.69. The zero-order chi connectivity index (χ0) is 18.8. The summed E-state index contributed by atoms with van der Waals surface area (Å²) in [5, 5.41) is 13.0. The number of carbonyl (C=O) groups is 2. The van der Waals surface area contributed by atoms with Crippen LogP contribution >= 0.6 is 11.3 Å². The molecule has 0 aliphatic carbocycles. The van der Waals surface area contributed by atoms with Gasteiger partial charge in [-0.25, -0.2) is 9.78 Å². The van der Waals surface area contributed by atoms with Gasteiger partial charge in [0, 0.05) is 31.9 Å². The number of anilines is 2. The van der Waals surface area contributed by atoms with Crippen LogP contribution in [0.15, 0.2) is 18.2 Å². The van der Waals surface area contributed by atoms with Crippen molar-refractivity contribution in [3.05, 3.63) is 18.2 Å². The predicted octanol–water partition coefficient (Wildman–Crippen LogP) is 2.46. The number of hydrogen-bond donors (Lipinski definition) is 2. The number of carboxylic acids is 1. The number of morpholine rings is 1. The lowest BCUT2D eigenvalue weighted by Gasteiger charge is -2.30. The highest BCUT2D eigenvalue weighted by Gasteiger charge is 2.28. The first-order valence-electron chi connectivity index (χ1n) is 9.12. The van der Waals surface area contributed by atoms with E-state index in [1.807, 2.05) is 18.2 Å². The summed E-state index contributed by atoms with van der Waals surface area (Å²) in [5.74, 6) is -1.32. The van der Waals surface area contributed by atoms with Gasteiger partial charge in [-0.15, -0.1) is 0 Å². The Labute approximate surface area is 160 Å². The van der Waals surface area contributed by atoms with Crippen LogP contribution in [0.3, 0.4) is 0 Å². The number of piperidine rings is 1. The Morgan fingerprint density at radius 1 is 1.26 bits per heavy atom. The zero-order valence-corrected chi connectivity index (χ0v) is 15.7. The van der Waals surface area contributed by atoms with Gasteiger partial charge in [0.2, 0.25) is 0 Å². The molecule has 2 fully saturated rings. The molecule has 27 heavy (non-hydrogen) atoms. The molecular weight excluding hydrogens is 368 g/mol. The summed E-state index contributed by atoms with van der Waals surface area (Å²) in [7, 11) is 0. The number of fused-ring (bicyclic) bond motifs is 1. The first kappa shape index (κ1) is 18.0. The second-order valence-electron chi connectivity index (χ2n) is 6.83. The molecule has 144 valence electrons. The van der Waals surface area contributed by atoms with Gasteiger partial charge >= 0.3 is 12.0 Å². The van der Waals surface area contributed by atoms with Crippen LogP contribution in [0, 0.1) is 5.92 Å². The summed E-state index contributed by atoms with van der Waals surface area (Å²) in [5.41, 5.74) is 1.60. The maximum atomic E-state index is 12.5. The lowest BCUT2D eigenvalue weighted by Crippen LogP contribution is -2.44. The maximum Gasteiger partial charge on any atom is 0.321 e. The van der Waals surface area contributed by atoms with E-state index in [9.17, 15) is 14.7 Å². The number of aromatic nitrogens is 1. The molecule has 1 aromatic heterocycles. The molecule has 1 unspecified atom stereocenters. The summed E-state index contributed by atoms with van der Waals surface area (Å²) >= 11 is 1.60. The Hall–Kier alpha value is -2.39. The first-order chi connectivity index (χ1) is 13.1. The number of hydrogen-bond acceptors (Lipinski definition) is 6. The number of carbonyl (C=O) groups excluding carboxylic acids is 1. The molecule has 0 bridgehead atoms. The van der Waals surface area contributed by atoms with Crippen molar-refractivity contribution in [2.24, 2.45) is 5.92 Å². The third-order valence-corrected chi connectivity index (χ3v) is 6.05. The minimum Gasteiger partial charge on any atom is -0.481 e. The average molecular weight is 390 g/mol. The molecule has 2 aromatic rings. The minimum absolute atomic E-state index is 0.252. The van der Waals surface area contributed by atoms with Crippen LogP contribution < -0.4 is 10.2 Å². The van der Waals surface area contributed by atoms with Gasteiger partial charge in [-0.1, -0.05) is 11.3 Å². The van der Waals surface area contributed by atoms with Gasteiger partial charge in [0.05, 0.1) is 29.3 Å². The number of rotatable bonds is 3. The number of aliphatic carboxylic acids is 1. The third kappa shape index (κ3) is 3.98. The number of nitrogens with one attached hydrogen (secondary N) is 1. The van der Waals surface area contributed by atoms with Gasteiger partial charge in [0.15, 0.2) is 5.13 Å². The van der Waals surface area contributed by atoms with Gasteiger partial charge in [-0.05, 0) is 31.0 Å². The Morgan fingerprint density at radius 3 is 2.85 bits per heavy atom. The standard InChI is InChI=1S/C18H22N4O4S/c23-16(24)12-2-1-5-22(11-12)17(25)19-13-3-4-14-15(10-13)27-18(20-14)21-6-8-26-9-7-21/h3-4,10,12H,1-2,5-9,11H2,(H,19,25)(H,23,24). The third-order valence-electron chi connectivity index (χ3n) is 4.97. The van der Waals surface area contributed by atoms with Gasteiger partial charge in [-0.2, -0.15) is 0 Å². The van der Waals surface area contributed by atoms with Crippen molar-refractivity contribution >= 4 is 44.4 Å². The topological polar surface area (TPSA) is 95.0 Å². The summed E-state index contributed by atoms with van der Waals surface area (Å²) in [6.07, 6.45) is 1.33. The van der Waals surface area contributed by atoms with Crippen LogP contribution in [-0.4, -0.2) is 66.4 Å². The van der Waals surface area contributed by atoms with Gasteiger partial charge in [-0.3, -0.25) is 4.79 Å². The van der Waals surface area contributed by atoms with Crippen molar-refractivity contribution in [2.75, 3.05) is 49.6 Å². The Kier molecular flexibility index (Phi) is 5.13. The number of benzene rings is 1. The molecule has 9 heteroatoms. The van der Waals surface area contributed by atoms with Crippen molar-refractivity contribution in [1.82, 2.24) is 9.88 Å². The van der Waals surface area contributed by atoms with E-state index in [2.05, 4.69) is 15.2 Å². The van der Waals surface area contributed by atoms with Gasteiger partial charge in [0.25, 0.3) is 0 Å². The number of thiazole rings is 1. The lowest BCUT2D eigenvalue weighted by molar-refractivity contribution is -0.143. The summed E-state index contributed by atoms with van der Waals surface area (Å²) < 4.78 is 6.39. The van der Waals surface area contributed by atoms with E-state index in [1.165, 1.54) is 0 Å². The molecule has 2 aliphatic rings. The maximum absolute atomic E-state index is 12.5. The number of urea groups is 1. The van der Waals surface area contributed by atoms with Crippen LogP contribution in [0.25, 0.3) is 10.2 Å². The number of ether oxygens (including phenoxy) is 1. The first-order valence-corrected chi connectivity index (χ1v) is 9.94. The predicted molar refractivity (Wildman–Crippen MR) is 104 cm³/mol. The Morgan fingerprint density at radius 2 is 2.07 bits per heavy atom. The Balaban J connectivity index is 1.45. The van der Waals surface area contributed by atoms with E-state index < -0.39 is 11.9 Å². The molecule has 2 amide bonds. The number of nitrogens with zero attached hydrogens (tertiary/aromatic N) is 3. The largest absolute Gasteiger partial charge is 0.481 e. The molecule has 1 aromatic carbocycles. The quantitative estimate of drug-likeness (QED) is 0.836. The molecule has 2 N–H and O–H groups in total. The van der Waals surface area contributed by atoms with E-state index in [-0.39, 0.29) is 12.6 Å². The molecule has 2 aliphatic heterocycles. The van der Waals surface area contributed by atoms with Crippen molar-refractivity contribution in [3.63, 3.8) is 0 Å². The van der Waals surface area contributed by atoms with E-state index in [0.29, 0.717) is 38.3 Å². The normalized spacial score (nSPS) is 20.7. The highest BCUT2D eigenvalue weighted by molar-refractivity contribution is 7.22. The highest BCUT2D eigenvalue weighted by Crippen LogP contribution is 2.31. The highest BCUT2D eigenvalue weighted by atomic mass is 32.1. The fourth-order valence-electron chi connectivity index (χ4n) is 3.45. The van der Waals surface area contributed by atoms with E-state index in [4.69, 9.17) is 4.74 Å². The molecule has 4 rings (SSSR count). The number of amides is 2. The summed E-state index contributed by atoms with van der Waals surface area (Å²) in [6.45, 7) is 3.94. The smallest absolute Gasteiger partial charge is 0.321 e. The van der Waals surface area contributed by atoms with Crippen LogP contribution in [0.2, 0.25) is 0 Å². The monoisotopic (exact) mass is 390 g/mol. The number of carboxylic acid groups (broad SMARTS) is 1. The summed E-state index contributed by atoms with van der Waals surface area (Å²) in [4.78, 5) is 32.2. The van der Waals surface area contributed by atoms with Crippen LogP contribution in [0.4, 0.5) is 15.6 Å². The average Bonchev–Trinajstić information content (AvgIpc) is 3.12. The van der Waals surface area contributed by atoms with Crippen molar-refractivity contribution in [3.8, 4) is 0 Å². The lowest BCUT2D eigenvalue weighted by atomic mass is 9.99. The van der Waals surface area contributed by atoms with Crippen LogP contribution in [0.1, 0.15) is 12.8 Å². The van der Waals surface area contributed by atoms with E-state index >= 15 is 0 Å². The van der Waals surface area contributed by atoms with Crippen molar-refractivity contribution in [2.45, 2.75) is 12.8 Å². The zero-order valence-electron chi connectivity index (χ0n) is 14.9. The SMILES string of the molecule is O=C(O)C1CCCN(C(=O)Nc2ccc3nc(N4CCOCC4)sc3c2)C1. The second-order valence-corrected chi connectivity index (χ2v) is 7.84. The molecule has 0 spiro atoms. The van der Waals surface area contributed by atoms with E-state index in [0.717, 1.165) is 28.4 Å². The minimum atomic E-state index is -0.839. The Bertz CT molecular complexity index is 849. The fourth-order valence-corrected chi connectivity index (χ4v) is 4.50.